The van der Waals surface area contributed by atoms with E-state index in [9.17, 15) is 0 Å². The SMILES string of the molecule is CC(C)(C)CCN1CCC2(CC1)CC2CNc1ccc(N2CCCC2)nn1. The molecule has 1 aromatic heterocycles. The zero-order valence-electron chi connectivity index (χ0n) is 17.5. The van der Waals surface area contributed by atoms with Gasteiger partial charge in [0.2, 0.25) is 0 Å². The molecule has 3 fully saturated rings. The van der Waals surface area contributed by atoms with Crippen LogP contribution >= 0.6 is 0 Å². The number of nitrogens with one attached hydrogen (secondary N) is 1. The third-order valence-electron chi connectivity index (χ3n) is 7.00. The Hall–Kier alpha value is -1.36. The van der Waals surface area contributed by atoms with Crippen LogP contribution in [-0.2, 0) is 0 Å². The van der Waals surface area contributed by atoms with Gasteiger partial charge in [0, 0.05) is 19.6 Å². The van der Waals surface area contributed by atoms with Gasteiger partial charge in [-0.2, -0.15) is 0 Å². The second kappa shape index (κ2) is 7.57. The first-order valence-electron chi connectivity index (χ1n) is 11.0. The molecule has 5 nitrogen and oxygen atoms in total. The quantitative estimate of drug-likeness (QED) is 0.818. The zero-order chi connectivity index (χ0) is 18.9. The maximum absolute atomic E-state index is 4.42. The second-order valence-corrected chi connectivity index (χ2v) is 10.3. The topological polar surface area (TPSA) is 44.3 Å². The van der Waals surface area contributed by atoms with Gasteiger partial charge < -0.3 is 15.1 Å². The Morgan fingerprint density at radius 2 is 1.81 bits per heavy atom. The predicted molar refractivity (Wildman–Crippen MR) is 112 cm³/mol. The molecule has 2 aliphatic heterocycles. The van der Waals surface area contributed by atoms with Crippen LogP contribution in [0.5, 0.6) is 0 Å². The van der Waals surface area contributed by atoms with Crippen LogP contribution in [0, 0.1) is 16.7 Å². The first kappa shape index (κ1) is 19.0. The fourth-order valence-electron chi connectivity index (χ4n) is 4.81. The molecule has 1 saturated carbocycles. The van der Waals surface area contributed by atoms with Gasteiger partial charge in [0.25, 0.3) is 0 Å². The molecule has 0 amide bonds. The standard InChI is InChI=1S/C22H37N5/c1-21(2,3)8-13-26-14-9-22(10-15-26)16-18(22)17-23-19-6-7-20(25-24-19)27-11-4-5-12-27/h6-7,18H,4-5,8-17H2,1-3H3,(H,23,24). The summed E-state index contributed by atoms with van der Waals surface area (Å²) < 4.78 is 0. The molecule has 150 valence electrons. The summed E-state index contributed by atoms with van der Waals surface area (Å²) in [6, 6.07) is 4.22. The van der Waals surface area contributed by atoms with Crippen LogP contribution in [0.4, 0.5) is 11.6 Å². The average Bonchev–Trinajstić information content (AvgIpc) is 3.06. The van der Waals surface area contributed by atoms with Crippen molar-refractivity contribution < 1.29 is 0 Å². The molecule has 0 radical (unpaired) electrons. The van der Waals surface area contributed by atoms with E-state index in [4.69, 9.17) is 0 Å². The number of anilines is 2. The molecule has 0 bridgehead atoms. The number of hydrogen-bond donors (Lipinski definition) is 1. The highest BCUT2D eigenvalue weighted by molar-refractivity contribution is 5.44. The fourth-order valence-corrected chi connectivity index (χ4v) is 4.81. The molecule has 3 aliphatic rings. The molecule has 1 spiro atoms. The van der Waals surface area contributed by atoms with Gasteiger partial charge in [-0.3, -0.25) is 0 Å². The molecule has 0 aromatic carbocycles. The smallest absolute Gasteiger partial charge is 0.151 e. The van der Waals surface area contributed by atoms with Gasteiger partial charge in [0.1, 0.15) is 5.82 Å². The number of likely N-dealkylation sites (tertiary alicyclic amines) is 1. The summed E-state index contributed by atoms with van der Waals surface area (Å²) in [6.45, 7) is 14.2. The predicted octanol–water partition coefficient (Wildman–Crippen LogP) is 4.03. The van der Waals surface area contributed by atoms with E-state index in [0.29, 0.717) is 10.8 Å². The maximum Gasteiger partial charge on any atom is 0.151 e. The molecule has 1 N–H and O–H groups in total. The van der Waals surface area contributed by atoms with Gasteiger partial charge in [-0.1, -0.05) is 20.8 Å². The van der Waals surface area contributed by atoms with Crippen LogP contribution in [0.15, 0.2) is 12.1 Å². The van der Waals surface area contributed by atoms with Gasteiger partial charge in [0.15, 0.2) is 5.82 Å². The van der Waals surface area contributed by atoms with Crippen molar-refractivity contribution in [3.63, 3.8) is 0 Å². The minimum absolute atomic E-state index is 0.451. The van der Waals surface area contributed by atoms with E-state index in [2.05, 4.69) is 58.2 Å². The molecule has 1 atom stereocenters. The Kier molecular flexibility index (Phi) is 5.32. The third-order valence-corrected chi connectivity index (χ3v) is 7.00. The summed E-state index contributed by atoms with van der Waals surface area (Å²) in [5.74, 6) is 2.79. The highest BCUT2D eigenvalue weighted by Gasteiger charge is 2.54. The lowest BCUT2D eigenvalue weighted by Crippen LogP contribution is -2.37. The fraction of sp³-hybridized carbons (Fsp3) is 0.818. The summed E-state index contributed by atoms with van der Waals surface area (Å²) in [4.78, 5) is 5.02. The zero-order valence-corrected chi connectivity index (χ0v) is 17.5. The van der Waals surface area contributed by atoms with Gasteiger partial charge in [-0.25, -0.2) is 0 Å². The summed E-state index contributed by atoms with van der Waals surface area (Å²) in [5.41, 5.74) is 1.07. The van der Waals surface area contributed by atoms with E-state index in [-0.39, 0.29) is 0 Å². The van der Waals surface area contributed by atoms with Crippen LogP contribution in [-0.4, -0.2) is 54.4 Å². The van der Waals surface area contributed by atoms with E-state index in [1.807, 2.05) is 0 Å². The molecular weight excluding hydrogens is 334 g/mol. The van der Waals surface area contributed by atoms with E-state index >= 15 is 0 Å². The van der Waals surface area contributed by atoms with Gasteiger partial charge in [0.05, 0.1) is 0 Å². The molecule has 27 heavy (non-hydrogen) atoms. The minimum Gasteiger partial charge on any atom is -0.368 e. The van der Waals surface area contributed by atoms with Gasteiger partial charge >= 0.3 is 0 Å². The summed E-state index contributed by atoms with van der Waals surface area (Å²) in [5, 5.41) is 12.4. The number of aromatic nitrogens is 2. The number of hydrogen-bond acceptors (Lipinski definition) is 5. The van der Waals surface area contributed by atoms with Crippen molar-refractivity contribution in [1.82, 2.24) is 15.1 Å². The van der Waals surface area contributed by atoms with Crippen LogP contribution in [0.3, 0.4) is 0 Å². The molecule has 1 aromatic rings. The highest BCUT2D eigenvalue weighted by atomic mass is 15.3. The van der Waals surface area contributed by atoms with Crippen molar-refractivity contribution in [2.45, 2.75) is 59.3 Å². The van der Waals surface area contributed by atoms with Crippen molar-refractivity contribution >= 4 is 11.6 Å². The average molecular weight is 372 g/mol. The lowest BCUT2D eigenvalue weighted by Gasteiger charge is -2.34. The minimum atomic E-state index is 0.451. The largest absolute Gasteiger partial charge is 0.368 e. The Balaban J connectivity index is 1.19. The van der Waals surface area contributed by atoms with Crippen LogP contribution in [0.25, 0.3) is 0 Å². The highest BCUT2D eigenvalue weighted by Crippen LogP contribution is 2.59. The molecular formula is C22H37N5. The Labute approximate surface area is 164 Å². The van der Waals surface area contributed by atoms with Crippen molar-refractivity contribution in [1.29, 1.82) is 0 Å². The van der Waals surface area contributed by atoms with Crippen molar-refractivity contribution in [3.8, 4) is 0 Å². The maximum atomic E-state index is 4.42. The number of rotatable bonds is 6. The lowest BCUT2D eigenvalue weighted by molar-refractivity contribution is 0.147. The molecule has 4 rings (SSSR count). The monoisotopic (exact) mass is 371 g/mol. The Morgan fingerprint density at radius 1 is 1.07 bits per heavy atom. The van der Waals surface area contributed by atoms with Crippen LogP contribution in [0.2, 0.25) is 0 Å². The van der Waals surface area contributed by atoms with Gasteiger partial charge in [-0.15, -0.1) is 10.2 Å². The lowest BCUT2D eigenvalue weighted by atomic mass is 9.88. The molecule has 1 aliphatic carbocycles. The van der Waals surface area contributed by atoms with Crippen LogP contribution < -0.4 is 10.2 Å². The second-order valence-electron chi connectivity index (χ2n) is 10.3. The number of nitrogens with zero attached hydrogens (tertiary/aromatic N) is 4. The van der Waals surface area contributed by atoms with Crippen molar-refractivity contribution in [3.05, 3.63) is 12.1 Å². The molecule has 1 unspecified atom stereocenters. The summed E-state index contributed by atoms with van der Waals surface area (Å²) in [7, 11) is 0. The van der Waals surface area contributed by atoms with Crippen molar-refractivity contribution in [2.75, 3.05) is 49.5 Å². The van der Waals surface area contributed by atoms with Crippen LogP contribution in [0.1, 0.15) is 59.3 Å². The Bertz CT molecular complexity index is 607. The first-order valence-corrected chi connectivity index (χ1v) is 11.0. The molecule has 2 saturated heterocycles. The third kappa shape index (κ3) is 4.74. The Morgan fingerprint density at radius 3 is 2.44 bits per heavy atom. The van der Waals surface area contributed by atoms with Crippen molar-refractivity contribution in [2.24, 2.45) is 16.7 Å². The molecule has 3 heterocycles. The molecule has 5 heteroatoms. The summed E-state index contributed by atoms with van der Waals surface area (Å²) >= 11 is 0. The van der Waals surface area contributed by atoms with E-state index in [1.165, 1.54) is 58.2 Å². The van der Waals surface area contributed by atoms with Gasteiger partial charge in [-0.05, 0) is 87.0 Å². The number of piperidine rings is 1. The van der Waals surface area contributed by atoms with E-state index in [1.54, 1.807) is 0 Å². The summed E-state index contributed by atoms with van der Waals surface area (Å²) in [6.07, 6.45) is 8.01. The normalized spacial score (nSPS) is 25.1. The van der Waals surface area contributed by atoms with E-state index in [0.717, 1.165) is 37.2 Å². The van der Waals surface area contributed by atoms with E-state index < -0.39 is 0 Å². The first-order chi connectivity index (χ1) is 12.9.